The fourth-order valence-corrected chi connectivity index (χ4v) is 4.30. The van der Waals surface area contributed by atoms with Gasteiger partial charge in [-0.05, 0) is 54.3 Å². The van der Waals surface area contributed by atoms with Gasteiger partial charge >= 0.3 is 6.03 Å². The Morgan fingerprint density at radius 2 is 1.66 bits per heavy atom. The molecule has 32 heavy (non-hydrogen) atoms. The summed E-state index contributed by atoms with van der Waals surface area (Å²) in [5.74, 6) is 0. The highest BCUT2D eigenvalue weighted by Gasteiger charge is 2.21. The van der Waals surface area contributed by atoms with Crippen LogP contribution in [-0.4, -0.2) is 31.2 Å². The van der Waals surface area contributed by atoms with E-state index in [0.717, 1.165) is 53.3 Å². The number of hydrogen-bond acceptors (Lipinski definition) is 3. The normalized spacial score (nSPS) is 13.2. The summed E-state index contributed by atoms with van der Waals surface area (Å²) in [6.45, 7) is 4.76. The van der Waals surface area contributed by atoms with Gasteiger partial charge in [-0.1, -0.05) is 36.4 Å². The van der Waals surface area contributed by atoms with Crippen molar-refractivity contribution in [1.29, 1.82) is 0 Å². The fraction of sp³-hybridized carbons (Fsp3) is 0.192. The number of amides is 2. The lowest BCUT2D eigenvalue weighted by Crippen LogP contribution is -2.38. The number of fused-ring (bicyclic) bond motifs is 2. The molecule has 6 heteroatoms. The van der Waals surface area contributed by atoms with Gasteiger partial charge in [0.1, 0.15) is 0 Å². The van der Waals surface area contributed by atoms with Crippen LogP contribution in [-0.2, 0) is 6.54 Å². The number of H-pyrrole nitrogens is 1. The molecule has 0 unspecified atom stereocenters. The largest absolute Gasteiger partial charge is 0.371 e. The molecule has 0 spiro atoms. The Balaban J connectivity index is 1.33. The van der Waals surface area contributed by atoms with Gasteiger partial charge in [0.05, 0.1) is 11.4 Å². The highest BCUT2D eigenvalue weighted by atomic mass is 16.2. The summed E-state index contributed by atoms with van der Waals surface area (Å²) in [5, 5.41) is 7.06. The SMILES string of the molecule is Cc1cc2ccc(NC(=O)Nc3ccc4c(c3)N(Cc3ccccc3)CCN4C)cc2[nH]1. The third-order valence-electron chi connectivity index (χ3n) is 5.92. The van der Waals surface area contributed by atoms with Gasteiger partial charge in [-0.25, -0.2) is 4.79 Å². The molecule has 2 heterocycles. The van der Waals surface area contributed by atoms with Gasteiger partial charge < -0.3 is 25.4 Å². The summed E-state index contributed by atoms with van der Waals surface area (Å²) in [5.41, 5.74) is 7.20. The van der Waals surface area contributed by atoms with Crippen molar-refractivity contribution in [2.75, 3.05) is 40.6 Å². The second-order valence-electron chi connectivity index (χ2n) is 8.37. The molecule has 1 aliphatic heterocycles. The fourth-order valence-electron chi connectivity index (χ4n) is 4.30. The van der Waals surface area contributed by atoms with E-state index in [-0.39, 0.29) is 6.03 Å². The smallest absolute Gasteiger partial charge is 0.323 e. The predicted molar refractivity (Wildman–Crippen MR) is 133 cm³/mol. The number of benzene rings is 3. The molecule has 3 aromatic carbocycles. The number of aromatic nitrogens is 1. The van der Waals surface area contributed by atoms with E-state index in [2.05, 4.69) is 74.9 Å². The van der Waals surface area contributed by atoms with E-state index in [9.17, 15) is 4.79 Å². The number of aromatic amines is 1. The van der Waals surface area contributed by atoms with Gasteiger partial charge in [-0.3, -0.25) is 0 Å². The number of hydrogen-bond donors (Lipinski definition) is 3. The van der Waals surface area contributed by atoms with Gasteiger partial charge in [0.2, 0.25) is 0 Å². The molecule has 0 atom stereocenters. The summed E-state index contributed by atoms with van der Waals surface area (Å²) in [6.07, 6.45) is 0. The maximum atomic E-state index is 12.7. The predicted octanol–water partition coefficient (Wildman–Crippen LogP) is 5.58. The molecule has 4 aromatic rings. The van der Waals surface area contributed by atoms with Crippen LogP contribution < -0.4 is 20.4 Å². The molecule has 162 valence electrons. The first-order chi connectivity index (χ1) is 15.5. The van der Waals surface area contributed by atoms with Crippen LogP contribution in [0, 0.1) is 6.92 Å². The van der Waals surface area contributed by atoms with Crippen LogP contribution in [0.2, 0.25) is 0 Å². The summed E-state index contributed by atoms with van der Waals surface area (Å²) in [4.78, 5) is 20.6. The Hall–Kier alpha value is -3.93. The minimum absolute atomic E-state index is 0.258. The maximum absolute atomic E-state index is 12.7. The lowest BCUT2D eigenvalue weighted by Gasteiger charge is -2.37. The van der Waals surface area contributed by atoms with Gasteiger partial charge in [0, 0.05) is 49.3 Å². The number of carbonyl (C=O) groups is 1. The number of nitrogens with one attached hydrogen (secondary N) is 3. The van der Waals surface area contributed by atoms with E-state index in [0.29, 0.717) is 0 Å². The average Bonchev–Trinajstić information content (AvgIpc) is 3.16. The average molecular weight is 426 g/mol. The van der Waals surface area contributed by atoms with Gasteiger partial charge in [0.15, 0.2) is 0 Å². The molecular formula is C26H27N5O. The van der Waals surface area contributed by atoms with Crippen LogP contribution in [0.4, 0.5) is 27.5 Å². The zero-order chi connectivity index (χ0) is 22.1. The first-order valence-corrected chi connectivity index (χ1v) is 10.9. The highest BCUT2D eigenvalue weighted by molar-refractivity contribution is 6.01. The number of nitrogens with zero attached hydrogens (tertiary/aromatic N) is 2. The Kier molecular flexibility index (Phi) is 5.19. The van der Waals surface area contributed by atoms with Crippen molar-refractivity contribution >= 4 is 39.7 Å². The van der Waals surface area contributed by atoms with Crippen molar-refractivity contribution in [3.8, 4) is 0 Å². The molecule has 0 saturated heterocycles. The number of anilines is 4. The molecule has 0 saturated carbocycles. The number of likely N-dealkylation sites (N-methyl/N-ethyl adjacent to an activating group) is 1. The third kappa shape index (κ3) is 4.12. The molecule has 5 rings (SSSR count). The Morgan fingerprint density at radius 1 is 0.906 bits per heavy atom. The number of urea groups is 1. The van der Waals surface area contributed by atoms with Crippen molar-refractivity contribution in [2.24, 2.45) is 0 Å². The van der Waals surface area contributed by atoms with E-state index in [1.54, 1.807) is 0 Å². The third-order valence-corrected chi connectivity index (χ3v) is 5.92. The zero-order valence-corrected chi connectivity index (χ0v) is 18.4. The molecule has 1 aromatic heterocycles. The molecule has 6 nitrogen and oxygen atoms in total. The lowest BCUT2D eigenvalue weighted by molar-refractivity contribution is 0.262. The summed E-state index contributed by atoms with van der Waals surface area (Å²) in [6, 6.07) is 24.3. The van der Waals surface area contributed by atoms with Crippen molar-refractivity contribution in [1.82, 2.24) is 4.98 Å². The van der Waals surface area contributed by atoms with Gasteiger partial charge in [-0.15, -0.1) is 0 Å². The quantitative estimate of drug-likeness (QED) is 0.400. The van der Waals surface area contributed by atoms with E-state index < -0.39 is 0 Å². The van der Waals surface area contributed by atoms with Crippen LogP contribution in [0.1, 0.15) is 11.3 Å². The van der Waals surface area contributed by atoms with E-state index in [4.69, 9.17) is 0 Å². The second-order valence-corrected chi connectivity index (χ2v) is 8.37. The van der Waals surface area contributed by atoms with Gasteiger partial charge in [-0.2, -0.15) is 0 Å². The van der Waals surface area contributed by atoms with E-state index in [1.165, 1.54) is 11.3 Å². The Morgan fingerprint density at radius 3 is 2.47 bits per heavy atom. The van der Waals surface area contributed by atoms with Crippen LogP contribution in [0.25, 0.3) is 10.9 Å². The van der Waals surface area contributed by atoms with Gasteiger partial charge in [0.25, 0.3) is 0 Å². The van der Waals surface area contributed by atoms with E-state index >= 15 is 0 Å². The molecular weight excluding hydrogens is 398 g/mol. The molecule has 1 aliphatic rings. The number of rotatable bonds is 4. The van der Waals surface area contributed by atoms with Crippen molar-refractivity contribution < 1.29 is 4.79 Å². The monoisotopic (exact) mass is 425 g/mol. The molecule has 3 N–H and O–H groups in total. The lowest BCUT2D eigenvalue weighted by atomic mass is 10.1. The van der Waals surface area contributed by atoms with E-state index in [1.807, 2.05) is 37.3 Å². The summed E-state index contributed by atoms with van der Waals surface area (Å²) >= 11 is 0. The van der Waals surface area contributed by atoms with Crippen molar-refractivity contribution in [3.05, 3.63) is 84.1 Å². The summed E-state index contributed by atoms with van der Waals surface area (Å²) in [7, 11) is 2.11. The molecule has 0 fully saturated rings. The number of carbonyl (C=O) groups excluding carboxylic acids is 1. The van der Waals surface area contributed by atoms with Crippen molar-refractivity contribution in [3.63, 3.8) is 0 Å². The Labute approximate surface area is 187 Å². The number of aryl methyl sites for hydroxylation is 1. The highest BCUT2D eigenvalue weighted by Crippen LogP contribution is 2.35. The second kappa shape index (κ2) is 8.30. The summed E-state index contributed by atoms with van der Waals surface area (Å²) < 4.78 is 0. The van der Waals surface area contributed by atoms with Crippen LogP contribution in [0.15, 0.2) is 72.8 Å². The molecule has 0 radical (unpaired) electrons. The molecule has 0 bridgehead atoms. The first-order valence-electron chi connectivity index (χ1n) is 10.9. The van der Waals surface area contributed by atoms with Crippen LogP contribution in [0.3, 0.4) is 0 Å². The topological polar surface area (TPSA) is 63.4 Å². The first kappa shape index (κ1) is 20.0. The van der Waals surface area contributed by atoms with Crippen LogP contribution >= 0.6 is 0 Å². The Bertz CT molecular complexity index is 1260. The molecule has 0 aliphatic carbocycles. The van der Waals surface area contributed by atoms with Crippen LogP contribution in [0.5, 0.6) is 0 Å². The minimum Gasteiger partial charge on any atom is -0.371 e. The minimum atomic E-state index is -0.258. The van der Waals surface area contributed by atoms with Crippen molar-refractivity contribution in [2.45, 2.75) is 13.5 Å². The zero-order valence-electron chi connectivity index (χ0n) is 18.4. The maximum Gasteiger partial charge on any atom is 0.323 e. The molecule has 2 amide bonds. The standard InChI is InChI=1S/C26H27N5O/c1-18-14-20-8-9-21(15-23(20)27-18)28-26(32)29-22-10-11-24-25(16-22)31(13-12-30(24)2)17-19-6-4-3-5-7-19/h3-11,14-16,27H,12-13,17H2,1-2H3,(H2,28,29,32).